The van der Waals surface area contributed by atoms with Gasteiger partial charge in [0, 0.05) is 25.0 Å². The van der Waals surface area contributed by atoms with Crippen LogP contribution in [0.4, 0.5) is 0 Å². The van der Waals surface area contributed by atoms with Crippen molar-refractivity contribution in [2.24, 2.45) is 17.6 Å². The highest BCUT2D eigenvalue weighted by Crippen LogP contribution is 2.17. The first kappa shape index (κ1) is 24.9. The molecule has 1 aromatic rings. The molecule has 5 nitrogen and oxygen atoms in total. The molecule has 1 fully saturated rings. The normalized spacial score (nSPS) is 16.2. The Morgan fingerprint density at radius 2 is 1.97 bits per heavy atom. The number of nitrogens with zero attached hydrogens (tertiary/aromatic N) is 2. The lowest BCUT2D eigenvalue weighted by Crippen LogP contribution is -2.45. The van der Waals surface area contributed by atoms with Gasteiger partial charge in [-0.2, -0.15) is 0 Å². The molecule has 1 aliphatic rings. The average molecular weight is 400 g/mol. The highest BCUT2D eigenvalue weighted by molar-refractivity contribution is 5.41. The van der Waals surface area contributed by atoms with Gasteiger partial charge in [0.25, 0.3) is 0 Å². The van der Waals surface area contributed by atoms with Gasteiger partial charge in [-0.05, 0) is 80.2 Å². The first-order chi connectivity index (χ1) is 13.9. The van der Waals surface area contributed by atoms with Gasteiger partial charge in [0.2, 0.25) is 0 Å². The third-order valence-electron chi connectivity index (χ3n) is 5.09. The van der Waals surface area contributed by atoms with Crippen molar-refractivity contribution in [2.45, 2.75) is 46.5 Å². The molecule has 0 saturated carbocycles. The molecule has 2 heterocycles. The molecule has 0 aliphatic carbocycles. The molecule has 162 valence electrons. The smallest absolute Gasteiger partial charge is 0.0623 e. The molecule has 1 aliphatic heterocycles. The van der Waals surface area contributed by atoms with Crippen LogP contribution < -0.4 is 16.5 Å². The van der Waals surface area contributed by atoms with E-state index >= 15 is 0 Å². The van der Waals surface area contributed by atoms with Crippen LogP contribution in [0.25, 0.3) is 6.08 Å². The number of allylic oxidation sites excluding steroid dienone is 3. The largest absolute Gasteiger partial charge is 0.405 e. The number of aromatic nitrogens is 1. The Labute approximate surface area is 178 Å². The SMILES string of the molecule is C=Cc1ccc(C(C)C)cn1.CNCC1CCN(N/C(=C\C=C/N)C(C)C)CC1. The van der Waals surface area contributed by atoms with E-state index in [1.165, 1.54) is 24.1 Å². The maximum atomic E-state index is 5.39. The van der Waals surface area contributed by atoms with E-state index in [0.717, 1.165) is 31.2 Å². The van der Waals surface area contributed by atoms with Gasteiger partial charge in [-0.3, -0.25) is 4.98 Å². The molecule has 4 N–H and O–H groups in total. The van der Waals surface area contributed by atoms with Crippen molar-refractivity contribution in [2.75, 3.05) is 26.7 Å². The number of piperidine rings is 1. The predicted octanol–water partition coefficient (Wildman–Crippen LogP) is 4.28. The minimum atomic E-state index is 0.483. The van der Waals surface area contributed by atoms with Crippen LogP contribution in [0.5, 0.6) is 0 Å². The summed E-state index contributed by atoms with van der Waals surface area (Å²) in [5.41, 5.74) is 12.3. The zero-order chi connectivity index (χ0) is 21.6. The second-order valence-electron chi connectivity index (χ2n) is 8.14. The fourth-order valence-corrected chi connectivity index (χ4v) is 3.12. The third-order valence-corrected chi connectivity index (χ3v) is 5.09. The maximum Gasteiger partial charge on any atom is 0.0623 e. The van der Waals surface area contributed by atoms with E-state index in [-0.39, 0.29) is 0 Å². The molecule has 0 bridgehead atoms. The Balaban J connectivity index is 0.000000326. The molecule has 2 rings (SSSR count). The summed E-state index contributed by atoms with van der Waals surface area (Å²) in [7, 11) is 2.03. The molecule has 0 spiro atoms. The molecule has 1 aromatic heterocycles. The molecule has 29 heavy (non-hydrogen) atoms. The van der Waals surface area contributed by atoms with Gasteiger partial charge in [0.1, 0.15) is 0 Å². The van der Waals surface area contributed by atoms with Gasteiger partial charge < -0.3 is 16.5 Å². The first-order valence-electron chi connectivity index (χ1n) is 10.7. The van der Waals surface area contributed by atoms with E-state index in [1.807, 2.05) is 25.4 Å². The lowest BCUT2D eigenvalue weighted by Gasteiger charge is -2.34. The number of pyridine rings is 1. The summed E-state index contributed by atoms with van der Waals surface area (Å²) < 4.78 is 0. The Hall–Kier alpha value is -2.11. The zero-order valence-electron chi connectivity index (χ0n) is 19.0. The van der Waals surface area contributed by atoms with E-state index in [1.54, 1.807) is 12.3 Å². The van der Waals surface area contributed by atoms with Crippen molar-refractivity contribution in [1.82, 2.24) is 20.7 Å². The number of rotatable bonds is 8. The van der Waals surface area contributed by atoms with Crippen molar-refractivity contribution in [3.63, 3.8) is 0 Å². The van der Waals surface area contributed by atoms with Crippen LogP contribution >= 0.6 is 0 Å². The minimum Gasteiger partial charge on any atom is -0.405 e. The monoisotopic (exact) mass is 399 g/mol. The number of nitrogens with one attached hydrogen (secondary N) is 2. The number of hydrazine groups is 1. The van der Waals surface area contributed by atoms with Gasteiger partial charge >= 0.3 is 0 Å². The van der Waals surface area contributed by atoms with Crippen molar-refractivity contribution < 1.29 is 0 Å². The summed E-state index contributed by atoms with van der Waals surface area (Å²) in [6.07, 6.45) is 11.7. The summed E-state index contributed by atoms with van der Waals surface area (Å²) in [5.74, 6) is 1.86. The van der Waals surface area contributed by atoms with Crippen molar-refractivity contribution in [1.29, 1.82) is 0 Å². The maximum absolute atomic E-state index is 5.39. The van der Waals surface area contributed by atoms with Crippen LogP contribution in [0, 0.1) is 11.8 Å². The molecular formula is C24H41N5. The van der Waals surface area contributed by atoms with Crippen molar-refractivity contribution in [3.8, 4) is 0 Å². The Bertz CT molecular complexity index is 623. The summed E-state index contributed by atoms with van der Waals surface area (Å²) in [5, 5.41) is 5.59. The van der Waals surface area contributed by atoms with Gasteiger partial charge in [0.15, 0.2) is 0 Å². The molecule has 0 aromatic carbocycles. The van der Waals surface area contributed by atoms with Gasteiger partial charge in [-0.25, -0.2) is 5.01 Å². The highest BCUT2D eigenvalue weighted by Gasteiger charge is 2.19. The summed E-state index contributed by atoms with van der Waals surface area (Å²) in [6.45, 7) is 15.7. The second kappa shape index (κ2) is 14.0. The number of hydrogen-bond acceptors (Lipinski definition) is 5. The summed E-state index contributed by atoms with van der Waals surface area (Å²) in [4.78, 5) is 4.20. The van der Waals surface area contributed by atoms with Gasteiger partial charge in [-0.1, -0.05) is 40.3 Å². The zero-order valence-corrected chi connectivity index (χ0v) is 19.0. The number of hydrogen-bond donors (Lipinski definition) is 3. The molecule has 0 radical (unpaired) electrons. The van der Waals surface area contributed by atoms with E-state index in [9.17, 15) is 0 Å². The molecule has 1 saturated heterocycles. The summed E-state index contributed by atoms with van der Waals surface area (Å²) >= 11 is 0. The Morgan fingerprint density at radius 1 is 1.28 bits per heavy atom. The fourth-order valence-electron chi connectivity index (χ4n) is 3.12. The molecule has 0 unspecified atom stereocenters. The van der Waals surface area contributed by atoms with Crippen LogP contribution in [0.2, 0.25) is 0 Å². The summed E-state index contributed by atoms with van der Waals surface area (Å²) in [6, 6.07) is 4.08. The van der Waals surface area contributed by atoms with E-state index in [2.05, 4.69) is 67.2 Å². The third kappa shape index (κ3) is 9.77. The second-order valence-corrected chi connectivity index (χ2v) is 8.14. The average Bonchev–Trinajstić information content (AvgIpc) is 2.73. The van der Waals surface area contributed by atoms with Crippen LogP contribution in [0.15, 0.2) is 49.0 Å². The van der Waals surface area contributed by atoms with Crippen LogP contribution in [-0.4, -0.2) is 36.7 Å². The minimum absolute atomic E-state index is 0.483. The van der Waals surface area contributed by atoms with Crippen molar-refractivity contribution >= 4 is 6.08 Å². The van der Waals surface area contributed by atoms with Crippen molar-refractivity contribution in [3.05, 3.63) is 60.2 Å². The van der Waals surface area contributed by atoms with Crippen LogP contribution in [0.3, 0.4) is 0 Å². The van der Waals surface area contributed by atoms with Gasteiger partial charge in [-0.15, -0.1) is 0 Å². The topological polar surface area (TPSA) is 66.2 Å². The Kier molecular flexibility index (Phi) is 12.0. The Morgan fingerprint density at radius 3 is 2.41 bits per heavy atom. The number of nitrogens with two attached hydrogens (primary N) is 1. The first-order valence-corrected chi connectivity index (χ1v) is 10.7. The quantitative estimate of drug-likeness (QED) is 0.569. The lowest BCUT2D eigenvalue weighted by molar-refractivity contribution is 0.135. The van der Waals surface area contributed by atoms with Gasteiger partial charge in [0.05, 0.1) is 5.69 Å². The fraction of sp³-hybridized carbons (Fsp3) is 0.542. The lowest BCUT2D eigenvalue weighted by atomic mass is 9.98. The van der Waals surface area contributed by atoms with Crippen LogP contribution in [0.1, 0.15) is 57.7 Å². The van der Waals surface area contributed by atoms with E-state index < -0.39 is 0 Å². The highest BCUT2D eigenvalue weighted by atomic mass is 15.5. The molecule has 0 amide bonds. The molecular weight excluding hydrogens is 358 g/mol. The van der Waals surface area contributed by atoms with E-state index in [4.69, 9.17) is 5.73 Å². The predicted molar refractivity (Wildman–Crippen MR) is 126 cm³/mol. The van der Waals surface area contributed by atoms with Crippen LogP contribution in [-0.2, 0) is 0 Å². The van der Waals surface area contributed by atoms with E-state index in [0.29, 0.717) is 11.8 Å². The molecule has 5 heteroatoms. The molecule has 0 atom stereocenters. The standard InChI is InChI=1S/C14H28N4.C10H13N/c1-12(2)14(5-4-8-15)17-18-9-6-13(7-10-18)11-16-3;1-4-10-6-5-9(7-11-10)8(2)3/h4-5,8,12-13,16-17H,6-7,9-11,15H2,1-3H3;4-8H,1H2,2-3H3/b8-4-,14-5-;.